The molecule has 0 saturated heterocycles. The lowest BCUT2D eigenvalue weighted by molar-refractivity contribution is 0.419. The lowest BCUT2D eigenvalue weighted by Crippen LogP contribution is -2.35. The molecule has 0 aromatic carbocycles. The highest BCUT2D eigenvalue weighted by Gasteiger charge is 2.09. The predicted octanol–water partition coefficient (Wildman–Crippen LogP) is 2.18. The summed E-state index contributed by atoms with van der Waals surface area (Å²) in [6.45, 7) is 8.16. The third-order valence-electron chi connectivity index (χ3n) is 2.20. The molecule has 0 aliphatic rings. The molecule has 0 spiro atoms. The first kappa shape index (κ1) is 12.8. The Morgan fingerprint density at radius 1 is 1.50 bits per heavy atom. The summed E-state index contributed by atoms with van der Waals surface area (Å²) in [6.07, 6.45) is 9.02. The van der Waals surface area contributed by atoms with Gasteiger partial charge in [-0.3, -0.25) is 4.68 Å². The quantitative estimate of drug-likeness (QED) is 0.607. The molecule has 0 aliphatic carbocycles. The topological polar surface area (TPSA) is 29.9 Å². The van der Waals surface area contributed by atoms with E-state index < -0.39 is 0 Å². The first-order valence-electron chi connectivity index (χ1n) is 5.72. The Morgan fingerprint density at radius 3 is 2.88 bits per heavy atom. The van der Waals surface area contributed by atoms with E-state index in [4.69, 9.17) is 6.42 Å². The molecule has 1 N–H and O–H groups in total. The number of hydrogen-bond acceptors (Lipinski definition) is 2. The van der Waals surface area contributed by atoms with Gasteiger partial charge in [-0.1, -0.05) is 0 Å². The van der Waals surface area contributed by atoms with Crippen molar-refractivity contribution in [3.8, 4) is 12.3 Å². The molecule has 0 bridgehead atoms. The second-order valence-electron chi connectivity index (χ2n) is 4.98. The van der Waals surface area contributed by atoms with Crippen molar-refractivity contribution in [1.29, 1.82) is 0 Å². The van der Waals surface area contributed by atoms with Crippen LogP contribution in [0.3, 0.4) is 0 Å². The van der Waals surface area contributed by atoms with Gasteiger partial charge in [0.2, 0.25) is 0 Å². The van der Waals surface area contributed by atoms with Gasteiger partial charge >= 0.3 is 0 Å². The Kier molecular flexibility index (Phi) is 4.57. The van der Waals surface area contributed by atoms with E-state index in [2.05, 4.69) is 43.2 Å². The third kappa shape index (κ3) is 4.99. The van der Waals surface area contributed by atoms with Crippen LogP contribution in [0.5, 0.6) is 0 Å². The second-order valence-corrected chi connectivity index (χ2v) is 4.98. The van der Waals surface area contributed by atoms with Crippen molar-refractivity contribution < 1.29 is 0 Å². The van der Waals surface area contributed by atoms with E-state index in [0.717, 1.165) is 31.6 Å². The van der Waals surface area contributed by atoms with Gasteiger partial charge in [-0.05, 0) is 33.3 Å². The van der Waals surface area contributed by atoms with Crippen LogP contribution in [0.4, 0.5) is 0 Å². The normalized spacial score (nSPS) is 11.4. The minimum absolute atomic E-state index is 0.132. The van der Waals surface area contributed by atoms with Crippen LogP contribution in [-0.4, -0.2) is 15.3 Å². The fraction of sp³-hybridized carbons (Fsp3) is 0.615. The first-order valence-corrected chi connectivity index (χ1v) is 5.72. The Hall–Kier alpha value is -1.27. The molecule has 3 heteroatoms. The summed E-state index contributed by atoms with van der Waals surface area (Å²) in [4.78, 5) is 0. The molecule has 3 nitrogen and oxygen atoms in total. The van der Waals surface area contributed by atoms with Crippen molar-refractivity contribution in [2.75, 3.05) is 0 Å². The standard InChI is InChI=1S/C13H21N3/c1-5-6-7-9-16-10-8-12(15-16)11-14-13(2,3)4/h1,8,10,14H,6-7,9,11H2,2-4H3. The predicted molar refractivity (Wildman–Crippen MR) is 66.9 cm³/mol. The highest BCUT2D eigenvalue weighted by molar-refractivity contribution is 4.99. The fourth-order valence-electron chi connectivity index (χ4n) is 1.32. The van der Waals surface area contributed by atoms with Crippen molar-refractivity contribution in [3.05, 3.63) is 18.0 Å². The molecule has 1 aromatic heterocycles. The molecule has 0 fully saturated rings. The molecule has 0 saturated carbocycles. The number of terminal acetylenes is 1. The SMILES string of the molecule is C#CCCCn1ccc(CNC(C)(C)C)n1. The van der Waals surface area contributed by atoms with Gasteiger partial charge in [0.25, 0.3) is 0 Å². The molecule has 88 valence electrons. The minimum Gasteiger partial charge on any atom is -0.306 e. The van der Waals surface area contributed by atoms with Crippen molar-refractivity contribution in [2.45, 2.75) is 52.2 Å². The highest BCUT2D eigenvalue weighted by atomic mass is 15.3. The number of nitrogens with zero attached hydrogens (tertiary/aromatic N) is 2. The Morgan fingerprint density at radius 2 is 2.25 bits per heavy atom. The fourth-order valence-corrected chi connectivity index (χ4v) is 1.32. The zero-order valence-corrected chi connectivity index (χ0v) is 10.5. The molecular weight excluding hydrogens is 198 g/mol. The van der Waals surface area contributed by atoms with E-state index >= 15 is 0 Å². The van der Waals surface area contributed by atoms with E-state index in [1.807, 2.05) is 10.9 Å². The molecular formula is C13H21N3. The van der Waals surface area contributed by atoms with Gasteiger partial charge in [0, 0.05) is 31.2 Å². The van der Waals surface area contributed by atoms with E-state index in [1.165, 1.54) is 0 Å². The summed E-state index contributed by atoms with van der Waals surface area (Å²) < 4.78 is 1.96. The molecule has 0 aliphatic heterocycles. The van der Waals surface area contributed by atoms with Gasteiger partial charge in [-0.15, -0.1) is 12.3 Å². The summed E-state index contributed by atoms with van der Waals surface area (Å²) >= 11 is 0. The monoisotopic (exact) mass is 219 g/mol. The maximum Gasteiger partial charge on any atom is 0.0762 e. The van der Waals surface area contributed by atoms with Crippen molar-refractivity contribution >= 4 is 0 Å². The summed E-state index contributed by atoms with van der Waals surface area (Å²) in [7, 11) is 0. The van der Waals surface area contributed by atoms with Crippen molar-refractivity contribution in [1.82, 2.24) is 15.1 Å². The molecule has 16 heavy (non-hydrogen) atoms. The molecule has 0 radical (unpaired) electrons. The van der Waals surface area contributed by atoms with E-state index in [9.17, 15) is 0 Å². The zero-order chi connectivity index (χ0) is 12.0. The Labute approximate surface area is 98.2 Å². The lowest BCUT2D eigenvalue weighted by atomic mass is 10.1. The van der Waals surface area contributed by atoms with Crippen LogP contribution in [0.15, 0.2) is 12.3 Å². The summed E-state index contributed by atoms with van der Waals surface area (Å²) in [6, 6.07) is 2.05. The first-order chi connectivity index (χ1) is 7.51. The maximum absolute atomic E-state index is 5.20. The molecule has 1 rings (SSSR count). The molecule has 0 atom stereocenters. The van der Waals surface area contributed by atoms with Crippen LogP contribution in [-0.2, 0) is 13.1 Å². The number of aromatic nitrogens is 2. The van der Waals surface area contributed by atoms with Crippen LogP contribution in [0.2, 0.25) is 0 Å². The maximum atomic E-state index is 5.20. The molecule has 1 heterocycles. The van der Waals surface area contributed by atoms with Crippen LogP contribution < -0.4 is 5.32 Å². The Bertz CT molecular complexity index is 352. The molecule has 1 aromatic rings. The number of hydrogen-bond donors (Lipinski definition) is 1. The molecule has 0 unspecified atom stereocenters. The molecule has 0 amide bonds. The number of rotatable bonds is 5. The van der Waals surface area contributed by atoms with E-state index in [-0.39, 0.29) is 5.54 Å². The van der Waals surface area contributed by atoms with Gasteiger partial charge in [-0.25, -0.2) is 0 Å². The van der Waals surface area contributed by atoms with E-state index in [0.29, 0.717) is 0 Å². The van der Waals surface area contributed by atoms with Gasteiger partial charge in [0.05, 0.1) is 5.69 Å². The van der Waals surface area contributed by atoms with Crippen molar-refractivity contribution in [2.24, 2.45) is 0 Å². The largest absolute Gasteiger partial charge is 0.306 e. The number of unbranched alkanes of at least 4 members (excludes halogenated alkanes) is 1. The number of aryl methyl sites for hydroxylation is 1. The number of nitrogens with one attached hydrogen (secondary N) is 1. The highest BCUT2D eigenvalue weighted by Crippen LogP contribution is 2.03. The average molecular weight is 219 g/mol. The third-order valence-corrected chi connectivity index (χ3v) is 2.20. The smallest absolute Gasteiger partial charge is 0.0762 e. The van der Waals surface area contributed by atoms with Crippen molar-refractivity contribution in [3.63, 3.8) is 0 Å². The van der Waals surface area contributed by atoms with Crippen LogP contribution in [0, 0.1) is 12.3 Å². The van der Waals surface area contributed by atoms with Gasteiger partial charge in [0.15, 0.2) is 0 Å². The Balaban J connectivity index is 2.37. The van der Waals surface area contributed by atoms with Crippen LogP contribution in [0.1, 0.15) is 39.3 Å². The summed E-state index contributed by atoms with van der Waals surface area (Å²) in [5.74, 6) is 2.64. The average Bonchev–Trinajstić information content (AvgIpc) is 2.62. The minimum atomic E-state index is 0.132. The summed E-state index contributed by atoms with van der Waals surface area (Å²) in [5, 5.41) is 7.88. The van der Waals surface area contributed by atoms with E-state index in [1.54, 1.807) is 0 Å². The van der Waals surface area contributed by atoms with Crippen LogP contribution >= 0.6 is 0 Å². The van der Waals surface area contributed by atoms with Crippen LogP contribution in [0.25, 0.3) is 0 Å². The summed E-state index contributed by atoms with van der Waals surface area (Å²) in [5.41, 5.74) is 1.21. The van der Waals surface area contributed by atoms with Gasteiger partial charge in [0.1, 0.15) is 0 Å². The van der Waals surface area contributed by atoms with Gasteiger partial charge in [-0.2, -0.15) is 5.10 Å². The lowest BCUT2D eigenvalue weighted by Gasteiger charge is -2.19. The zero-order valence-electron chi connectivity index (χ0n) is 10.5. The second kappa shape index (κ2) is 5.72. The van der Waals surface area contributed by atoms with Gasteiger partial charge < -0.3 is 5.32 Å².